The normalized spacial score (nSPS) is 27.4. The van der Waals surface area contributed by atoms with Crippen LogP contribution >= 0.6 is 0 Å². The Balaban J connectivity index is 2.04. The molecule has 1 heterocycles. The van der Waals surface area contributed by atoms with Gasteiger partial charge in [-0.15, -0.1) is 0 Å². The van der Waals surface area contributed by atoms with E-state index in [0.29, 0.717) is 12.1 Å². The van der Waals surface area contributed by atoms with Crippen LogP contribution < -0.4 is 5.73 Å². The van der Waals surface area contributed by atoms with Gasteiger partial charge in [0.15, 0.2) is 0 Å². The first-order chi connectivity index (χ1) is 8.50. The summed E-state index contributed by atoms with van der Waals surface area (Å²) in [4.78, 5) is 2.34. The van der Waals surface area contributed by atoms with Crippen LogP contribution in [0.4, 0.5) is 0 Å². The van der Waals surface area contributed by atoms with E-state index in [2.05, 4.69) is 37.9 Å². The maximum absolute atomic E-state index is 6.47. The fourth-order valence-electron chi connectivity index (χ4n) is 2.84. The van der Waals surface area contributed by atoms with Crippen LogP contribution in [0.1, 0.15) is 25.8 Å². The highest BCUT2D eigenvalue weighted by Crippen LogP contribution is 2.23. The quantitative estimate of drug-likeness (QED) is 0.885. The minimum Gasteiger partial charge on any atom is -0.377 e. The fourth-order valence-corrected chi connectivity index (χ4v) is 2.84. The zero-order chi connectivity index (χ0) is 13.2. The van der Waals surface area contributed by atoms with Gasteiger partial charge in [-0.1, -0.05) is 30.3 Å². The van der Waals surface area contributed by atoms with Gasteiger partial charge < -0.3 is 10.5 Å². The molecule has 1 aromatic rings. The van der Waals surface area contributed by atoms with E-state index in [1.54, 1.807) is 0 Å². The van der Waals surface area contributed by atoms with Gasteiger partial charge in [-0.2, -0.15) is 0 Å². The Morgan fingerprint density at radius 1 is 1.39 bits per heavy atom. The van der Waals surface area contributed by atoms with E-state index in [1.165, 1.54) is 5.56 Å². The summed E-state index contributed by atoms with van der Waals surface area (Å²) in [6.45, 7) is 5.95. The zero-order valence-electron chi connectivity index (χ0n) is 11.6. The van der Waals surface area contributed by atoms with Crippen LogP contribution in [0.25, 0.3) is 0 Å². The monoisotopic (exact) mass is 248 g/mol. The molecule has 0 aromatic heterocycles. The molecule has 0 spiro atoms. The summed E-state index contributed by atoms with van der Waals surface area (Å²) in [6, 6.07) is 10.8. The van der Waals surface area contributed by atoms with E-state index in [-0.39, 0.29) is 5.54 Å². The van der Waals surface area contributed by atoms with Crippen LogP contribution in [0.2, 0.25) is 0 Å². The molecular formula is C15H24N2O. The van der Waals surface area contributed by atoms with Crippen molar-refractivity contribution in [3.8, 4) is 0 Å². The summed E-state index contributed by atoms with van der Waals surface area (Å²) in [7, 11) is 2.14. The number of hydrogen-bond acceptors (Lipinski definition) is 3. The topological polar surface area (TPSA) is 38.5 Å². The van der Waals surface area contributed by atoms with Crippen molar-refractivity contribution in [2.24, 2.45) is 5.73 Å². The summed E-state index contributed by atoms with van der Waals surface area (Å²) in [5, 5.41) is 0. The number of hydrogen-bond donors (Lipinski definition) is 1. The number of rotatable bonds is 4. The molecule has 2 rings (SSSR count). The van der Waals surface area contributed by atoms with Crippen molar-refractivity contribution in [2.45, 2.75) is 38.0 Å². The van der Waals surface area contributed by atoms with Crippen LogP contribution in [0.3, 0.4) is 0 Å². The van der Waals surface area contributed by atoms with Crippen molar-refractivity contribution in [1.82, 2.24) is 4.90 Å². The van der Waals surface area contributed by atoms with Crippen LogP contribution in [0.15, 0.2) is 30.3 Å². The molecule has 3 atom stereocenters. The summed E-state index contributed by atoms with van der Waals surface area (Å²) in [5.41, 5.74) is 7.33. The third-order valence-electron chi connectivity index (χ3n) is 3.91. The van der Waals surface area contributed by atoms with Gasteiger partial charge in [-0.25, -0.2) is 0 Å². The van der Waals surface area contributed by atoms with E-state index < -0.39 is 0 Å². The van der Waals surface area contributed by atoms with Gasteiger partial charge in [0.05, 0.1) is 11.6 Å². The Labute approximate surface area is 110 Å². The Kier molecular flexibility index (Phi) is 4.05. The minimum absolute atomic E-state index is 0.307. The largest absolute Gasteiger partial charge is 0.377 e. The van der Waals surface area contributed by atoms with Gasteiger partial charge >= 0.3 is 0 Å². The molecule has 0 bridgehead atoms. The number of ether oxygens (including phenoxy) is 1. The maximum atomic E-state index is 6.47. The Hall–Kier alpha value is -0.900. The average Bonchev–Trinajstić information content (AvgIpc) is 2.76. The second kappa shape index (κ2) is 5.39. The summed E-state index contributed by atoms with van der Waals surface area (Å²) in [5.74, 6) is 0. The lowest BCUT2D eigenvalue weighted by Gasteiger charge is -2.35. The van der Waals surface area contributed by atoms with E-state index in [0.717, 1.165) is 19.6 Å². The highest BCUT2D eigenvalue weighted by molar-refractivity contribution is 5.23. The predicted octanol–water partition coefficient (Wildman–Crippen LogP) is 1.97. The molecule has 3 heteroatoms. The first-order valence-electron chi connectivity index (χ1n) is 6.67. The standard InChI is InChI=1S/C15H24N2O/c1-12-14(9-10-18-12)17(3)11-15(2,16)13-7-5-4-6-8-13/h4-8,12,14H,9-11,16H2,1-3H3. The molecule has 3 nitrogen and oxygen atoms in total. The lowest BCUT2D eigenvalue weighted by atomic mass is 9.92. The van der Waals surface area contributed by atoms with E-state index >= 15 is 0 Å². The lowest BCUT2D eigenvalue weighted by Crippen LogP contribution is -2.49. The van der Waals surface area contributed by atoms with Crippen LogP contribution in [0, 0.1) is 0 Å². The van der Waals surface area contributed by atoms with Gasteiger partial charge in [0, 0.05) is 19.2 Å². The average molecular weight is 248 g/mol. The van der Waals surface area contributed by atoms with Gasteiger partial charge in [0.2, 0.25) is 0 Å². The molecule has 0 saturated carbocycles. The SMILES string of the molecule is CC1OCCC1N(C)CC(C)(N)c1ccccc1. The summed E-state index contributed by atoms with van der Waals surface area (Å²) >= 11 is 0. The molecule has 0 amide bonds. The number of nitrogens with zero attached hydrogens (tertiary/aromatic N) is 1. The first-order valence-corrected chi connectivity index (χ1v) is 6.67. The van der Waals surface area contributed by atoms with Gasteiger partial charge in [0.25, 0.3) is 0 Å². The van der Waals surface area contributed by atoms with E-state index in [1.807, 2.05) is 18.2 Å². The Morgan fingerprint density at radius 3 is 2.61 bits per heavy atom. The molecule has 1 fully saturated rings. The Bertz CT molecular complexity index is 377. The first kappa shape index (κ1) is 13.5. The highest BCUT2D eigenvalue weighted by atomic mass is 16.5. The molecule has 1 saturated heterocycles. The number of likely N-dealkylation sites (N-methyl/N-ethyl adjacent to an activating group) is 1. The van der Waals surface area contributed by atoms with Crippen molar-refractivity contribution in [2.75, 3.05) is 20.2 Å². The van der Waals surface area contributed by atoms with Crippen molar-refractivity contribution >= 4 is 0 Å². The third kappa shape index (κ3) is 2.91. The van der Waals surface area contributed by atoms with Crippen LogP contribution in [-0.2, 0) is 10.3 Å². The molecule has 2 N–H and O–H groups in total. The predicted molar refractivity (Wildman–Crippen MR) is 74.4 cm³/mol. The molecule has 1 aliphatic rings. The zero-order valence-corrected chi connectivity index (χ0v) is 11.6. The minimum atomic E-state index is -0.321. The Morgan fingerprint density at radius 2 is 2.06 bits per heavy atom. The number of nitrogens with two attached hydrogens (primary N) is 1. The van der Waals surface area contributed by atoms with Crippen molar-refractivity contribution in [3.63, 3.8) is 0 Å². The molecule has 0 aliphatic carbocycles. The van der Waals surface area contributed by atoms with Gasteiger partial charge in [-0.3, -0.25) is 4.90 Å². The van der Waals surface area contributed by atoms with E-state index in [4.69, 9.17) is 10.5 Å². The lowest BCUT2D eigenvalue weighted by molar-refractivity contribution is 0.0764. The van der Waals surface area contributed by atoms with Crippen molar-refractivity contribution in [1.29, 1.82) is 0 Å². The number of benzene rings is 1. The van der Waals surface area contributed by atoms with Crippen LogP contribution in [-0.4, -0.2) is 37.2 Å². The third-order valence-corrected chi connectivity index (χ3v) is 3.91. The summed E-state index contributed by atoms with van der Waals surface area (Å²) in [6.07, 6.45) is 1.41. The fraction of sp³-hybridized carbons (Fsp3) is 0.600. The molecular weight excluding hydrogens is 224 g/mol. The van der Waals surface area contributed by atoms with Gasteiger partial charge in [0.1, 0.15) is 0 Å². The molecule has 1 aromatic carbocycles. The second-order valence-electron chi connectivity index (χ2n) is 5.63. The second-order valence-corrected chi connectivity index (χ2v) is 5.63. The summed E-state index contributed by atoms with van der Waals surface area (Å²) < 4.78 is 5.62. The molecule has 3 unspecified atom stereocenters. The van der Waals surface area contributed by atoms with Gasteiger partial charge in [-0.05, 0) is 32.9 Å². The maximum Gasteiger partial charge on any atom is 0.0702 e. The molecule has 1 aliphatic heterocycles. The van der Waals surface area contributed by atoms with Crippen molar-refractivity contribution in [3.05, 3.63) is 35.9 Å². The highest BCUT2D eigenvalue weighted by Gasteiger charge is 2.32. The molecule has 18 heavy (non-hydrogen) atoms. The van der Waals surface area contributed by atoms with Crippen LogP contribution in [0.5, 0.6) is 0 Å². The molecule has 100 valence electrons. The smallest absolute Gasteiger partial charge is 0.0702 e. The molecule has 0 radical (unpaired) electrons. The van der Waals surface area contributed by atoms with Crippen molar-refractivity contribution < 1.29 is 4.74 Å². The van der Waals surface area contributed by atoms with E-state index in [9.17, 15) is 0 Å².